The van der Waals surface area contributed by atoms with E-state index in [1.165, 1.54) is 36.3 Å². The molecule has 1 aromatic carbocycles. The smallest absolute Gasteiger partial charge is 0.332 e. The zero-order valence-electron chi connectivity index (χ0n) is 16.6. The average Bonchev–Trinajstić information content (AvgIpc) is 2.67. The fourth-order valence-corrected chi connectivity index (χ4v) is 3.19. The molecule has 0 aliphatic carbocycles. The third-order valence-corrected chi connectivity index (χ3v) is 4.74. The number of methoxy groups -OCH3 is 1. The first kappa shape index (κ1) is 21.0. The molecule has 1 aromatic heterocycles. The lowest BCUT2D eigenvalue weighted by Gasteiger charge is -2.29. The molecule has 1 atom stereocenters. The molecule has 0 saturated heterocycles. The zero-order valence-corrected chi connectivity index (χ0v) is 16.6. The van der Waals surface area contributed by atoms with Gasteiger partial charge in [0.15, 0.2) is 0 Å². The Morgan fingerprint density at radius 3 is 2.41 bits per heavy atom. The molecule has 0 amide bonds. The van der Waals surface area contributed by atoms with E-state index < -0.39 is 17.5 Å². The van der Waals surface area contributed by atoms with E-state index >= 15 is 0 Å². The summed E-state index contributed by atoms with van der Waals surface area (Å²) in [7, 11) is 1.55. The van der Waals surface area contributed by atoms with Crippen LogP contribution in [0.3, 0.4) is 0 Å². The molecule has 6 heteroatoms. The number of aromatic amines is 1. The van der Waals surface area contributed by atoms with Crippen molar-refractivity contribution < 1.29 is 4.74 Å². The highest BCUT2D eigenvalue weighted by Crippen LogP contribution is 2.26. The fourth-order valence-electron chi connectivity index (χ4n) is 3.19. The number of benzene rings is 1. The first-order valence-electron chi connectivity index (χ1n) is 9.79. The number of nitrogens with zero attached hydrogens (tertiary/aromatic N) is 2. The van der Waals surface area contributed by atoms with Crippen molar-refractivity contribution in [2.75, 3.05) is 18.6 Å². The third kappa shape index (κ3) is 5.82. The molecule has 2 aromatic rings. The van der Waals surface area contributed by atoms with Crippen LogP contribution in [-0.2, 0) is 4.74 Å². The second kappa shape index (κ2) is 10.7. The van der Waals surface area contributed by atoms with Crippen molar-refractivity contribution in [3.63, 3.8) is 0 Å². The number of nitrogens with one attached hydrogen (secondary N) is 1. The van der Waals surface area contributed by atoms with Crippen LogP contribution in [0.5, 0.6) is 0 Å². The highest BCUT2D eigenvalue weighted by atomic mass is 16.5. The minimum atomic E-state index is -0.486. The lowest BCUT2D eigenvalue weighted by atomic mass is 10.1. The minimum Gasteiger partial charge on any atom is -0.361 e. The van der Waals surface area contributed by atoms with E-state index in [0.29, 0.717) is 5.82 Å². The van der Waals surface area contributed by atoms with Gasteiger partial charge in [-0.2, -0.15) is 0 Å². The normalized spacial score (nSPS) is 12.1. The van der Waals surface area contributed by atoms with Crippen molar-refractivity contribution in [1.29, 1.82) is 0 Å². The van der Waals surface area contributed by atoms with Gasteiger partial charge in [0.25, 0.3) is 5.56 Å². The summed E-state index contributed by atoms with van der Waals surface area (Å²) in [5.74, 6) is 0.554. The highest BCUT2D eigenvalue weighted by molar-refractivity contribution is 5.59. The Morgan fingerprint density at radius 1 is 1.07 bits per heavy atom. The molecule has 1 N–H and O–H groups in total. The molecule has 0 spiro atoms. The van der Waals surface area contributed by atoms with Gasteiger partial charge in [-0.1, -0.05) is 57.2 Å². The summed E-state index contributed by atoms with van der Waals surface area (Å²) in [4.78, 5) is 28.8. The van der Waals surface area contributed by atoms with Gasteiger partial charge in [0, 0.05) is 25.4 Å². The zero-order chi connectivity index (χ0) is 19.6. The topological polar surface area (TPSA) is 67.3 Å². The number of unbranched alkanes of at least 4 members (excludes halogenated alkanes) is 5. The van der Waals surface area contributed by atoms with Crippen LogP contribution in [0.25, 0.3) is 0 Å². The second-order valence-electron chi connectivity index (χ2n) is 6.76. The fraction of sp³-hybridized carbons (Fsp3) is 0.524. The number of H-pyrrole nitrogens is 1. The number of para-hydroxylation sites is 1. The summed E-state index contributed by atoms with van der Waals surface area (Å²) in [6.07, 6.45) is 6.56. The van der Waals surface area contributed by atoms with Gasteiger partial charge in [-0.05, 0) is 25.5 Å². The van der Waals surface area contributed by atoms with Crippen molar-refractivity contribution in [1.82, 2.24) is 9.55 Å². The van der Waals surface area contributed by atoms with Crippen molar-refractivity contribution in [3.8, 4) is 0 Å². The van der Waals surface area contributed by atoms with Gasteiger partial charge >= 0.3 is 5.69 Å². The Bertz CT molecular complexity index is 798. The van der Waals surface area contributed by atoms with E-state index in [9.17, 15) is 9.59 Å². The Labute approximate surface area is 160 Å². The molecular formula is C21H31N3O3. The molecule has 148 valence electrons. The molecule has 27 heavy (non-hydrogen) atoms. The van der Waals surface area contributed by atoms with Crippen LogP contribution in [0.15, 0.2) is 46.0 Å². The van der Waals surface area contributed by atoms with Gasteiger partial charge in [0.2, 0.25) is 0 Å². The lowest BCUT2D eigenvalue weighted by Crippen LogP contribution is -2.37. The molecule has 0 saturated carbocycles. The van der Waals surface area contributed by atoms with Crippen LogP contribution in [0, 0.1) is 0 Å². The van der Waals surface area contributed by atoms with Crippen molar-refractivity contribution in [2.45, 2.75) is 58.6 Å². The monoisotopic (exact) mass is 373 g/mol. The third-order valence-electron chi connectivity index (χ3n) is 4.74. The largest absolute Gasteiger partial charge is 0.361 e. The molecule has 0 radical (unpaired) electrons. The van der Waals surface area contributed by atoms with Gasteiger partial charge in [-0.25, -0.2) is 4.79 Å². The van der Waals surface area contributed by atoms with E-state index in [4.69, 9.17) is 4.74 Å². The number of aromatic nitrogens is 2. The van der Waals surface area contributed by atoms with E-state index in [1.807, 2.05) is 35.2 Å². The molecule has 2 rings (SSSR count). The maximum atomic E-state index is 12.4. The van der Waals surface area contributed by atoms with Gasteiger partial charge in [0.05, 0.1) is 0 Å². The summed E-state index contributed by atoms with van der Waals surface area (Å²) in [5, 5.41) is 0. The molecule has 6 nitrogen and oxygen atoms in total. The maximum Gasteiger partial charge on any atom is 0.332 e. The predicted molar refractivity (Wildman–Crippen MR) is 110 cm³/mol. The predicted octanol–water partition coefficient (Wildman–Crippen LogP) is 4.20. The summed E-state index contributed by atoms with van der Waals surface area (Å²) in [6.45, 7) is 4.73. The number of hydrogen-bond donors (Lipinski definition) is 1. The number of anilines is 2. The molecule has 0 fully saturated rings. The Balaban J connectivity index is 2.34. The van der Waals surface area contributed by atoms with Crippen LogP contribution in [-0.4, -0.2) is 23.2 Å². The van der Waals surface area contributed by atoms with Crippen molar-refractivity contribution in [2.24, 2.45) is 0 Å². The van der Waals surface area contributed by atoms with Crippen molar-refractivity contribution >= 4 is 11.5 Å². The van der Waals surface area contributed by atoms with Crippen molar-refractivity contribution in [3.05, 3.63) is 57.2 Å². The molecule has 0 aliphatic heterocycles. The highest BCUT2D eigenvalue weighted by Gasteiger charge is 2.19. The van der Waals surface area contributed by atoms with Gasteiger partial charge < -0.3 is 9.64 Å². The standard InChI is InChI=1S/C21H31N3O3/c1-4-5-6-7-8-12-15-23(18-13-10-9-11-14-18)20-16-19(25)22-21(26)24(20)17(2)27-3/h9-11,13-14,16-17H,4-8,12,15H2,1-3H3,(H,22,25,26). The Morgan fingerprint density at radius 2 is 1.74 bits per heavy atom. The summed E-state index contributed by atoms with van der Waals surface area (Å²) < 4.78 is 6.86. The van der Waals surface area contributed by atoms with Gasteiger partial charge in [-0.15, -0.1) is 0 Å². The Hall–Kier alpha value is -2.34. The molecule has 0 bridgehead atoms. The summed E-state index contributed by atoms with van der Waals surface area (Å²) in [6, 6.07) is 11.3. The van der Waals surface area contributed by atoms with E-state index in [-0.39, 0.29) is 0 Å². The van der Waals surface area contributed by atoms with E-state index in [1.54, 1.807) is 14.0 Å². The SMILES string of the molecule is CCCCCCCCN(c1ccccc1)c1cc(=O)[nH]c(=O)n1C(C)OC. The second-order valence-corrected chi connectivity index (χ2v) is 6.76. The summed E-state index contributed by atoms with van der Waals surface area (Å²) >= 11 is 0. The van der Waals surface area contributed by atoms with Gasteiger partial charge in [0.1, 0.15) is 12.0 Å². The lowest BCUT2D eigenvalue weighted by molar-refractivity contribution is 0.0575. The average molecular weight is 373 g/mol. The maximum absolute atomic E-state index is 12.4. The van der Waals surface area contributed by atoms with E-state index in [2.05, 4.69) is 11.9 Å². The quantitative estimate of drug-likeness (QED) is 0.600. The van der Waals surface area contributed by atoms with Crippen LogP contribution in [0.2, 0.25) is 0 Å². The molecule has 1 unspecified atom stereocenters. The van der Waals surface area contributed by atoms with Crippen LogP contribution in [0.1, 0.15) is 58.6 Å². The van der Waals surface area contributed by atoms with Gasteiger partial charge in [-0.3, -0.25) is 14.3 Å². The van der Waals surface area contributed by atoms with E-state index in [0.717, 1.165) is 25.1 Å². The number of hydrogen-bond acceptors (Lipinski definition) is 4. The summed E-state index contributed by atoms with van der Waals surface area (Å²) in [5.41, 5.74) is 0.0854. The van der Waals surface area contributed by atoms with Crippen LogP contribution >= 0.6 is 0 Å². The first-order valence-corrected chi connectivity index (χ1v) is 9.79. The Kier molecular flexibility index (Phi) is 8.33. The van der Waals surface area contributed by atoms with Crippen LogP contribution in [0.4, 0.5) is 11.5 Å². The molecular weight excluding hydrogens is 342 g/mol. The minimum absolute atomic E-state index is 0.404. The number of ether oxygens (including phenoxy) is 1. The first-order chi connectivity index (χ1) is 13.1. The molecule has 1 heterocycles. The number of rotatable bonds is 11. The van der Waals surface area contributed by atoms with Crippen LogP contribution < -0.4 is 16.1 Å². The molecule has 0 aliphatic rings.